The molecule has 4 nitrogen and oxygen atoms in total. The minimum Gasteiger partial charge on any atom is -0.357 e. The second-order valence-corrected chi connectivity index (χ2v) is 6.62. The number of anilines is 1. The van der Waals surface area contributed by atoms with Crippen LogP contribution in [-0.4, -0.2) is 36.1 Å². The average molecular weight is 290 g/mol. The highest BCUT2D eigenvalue weighted by Crippen LogP contribution is 2.30. The van der Waals surface area contributed by atoms with Crippen molar-refractivity contribution in [2.75, 3.05) is 25.0 Å². The van der Waals surface area contributed by atoms with Gasteiger partial charge in [-0.25, -0.2) is 9.97 Å². The second kappa shape index (κ2) is 6.06. The number of fused-ring (bicyclic) bond motifs is 1. The van der Waals surface area contributed by atoms with Crippen molar-refractivity contribution >= 4 is 27.4 Å². The van der Waals surface area contributed by atoms with Gasteiger partial charge in [-0.05, 0) is 31.9 Å². The molecule has 1 atom stereocenters. The molecule has 0 aromatic carbocycles. The van der Waals surface area contributed by atoms with Crippen LogP contribution in [0.5, 0.6) is 0 Å². The Morgan fingerprint density at radius 2 is 2.30 bits per heavy atom. The van der Waals surface area contributed by atoms with Crippen LogP contribution in [0.15, 0.2) is 12.4 Å². The fourth-order valence-corrected chi connectivity index (χ4v) is 3.80. The summed E-state index contributed by atoms with van der Waals surface area (Å²) in [5.41, 5.74) is 0. The highest BCUT2D eigenvalue weighted by Gasteiger charge is 2.17. The predicted molar refractivity (Wildman–Crippen MR) is 85.7 cm³/mol. The fraction of sp³-hybridized carbons (Fsp3) is 0.600. The van der Waals surface area contributed by atoms with E-state index in [1.165, 1.54) is 29.5 Å². The van der Waals surface area contributed by atoms with Crippen LogP contribution in [0.2, 0.25) is 0 Å². The lowest BCUT2D eigenvalue weighted by Gasteiger charge is -2.29. The average Bonchev–Trinajstić information content (AvgIpc) is 2.91. The summed E-state index contributed by atoms with van der Waals surface area (Å²) in [5.74, 6) is 1.07. The number of piperidine rings is 1. The lowest BCUT2D eigenvalue weighted by Crippen LogP contribution is -2.42. The first-order chi connectivity index (χ1) is 9.78. The number of thiophene rings is 1. The van der Waals surface area contributed by atoms with Gasteiger partial charge in [0.25, 0.3) is 0 Å². The van der Waals surface area contributed by atoms with Crippen molar-refractivity contribution in [3.8, 4) is 0 Å². The number of aryl methyl sites for hydroxylation is 1. The number of nitrogens with zero attached hydrogens (tertiary/aromatic N) is 3. The topological polar surface area (TPSA) is 41.0 Å². The van der Waals surface area contributed by atoms with Gasteiger partial charge >= 0.3 is 0 Å². The van der Waals surface area contributed by atoms with E-state index in [2.05, 4.69) is 40.2 Å². The number of likely N-dealkylation sites (N-methyl/N-ethyl adjacent to an activating group) is 1. The lowest BCUT2D eigenvalue weighted by molar-refractivity contribution is 0.403. The first-order valence-electron chi connectivity index (χ1n) is 7.46. The summed E-state index contributed by atoms with van der Waals surface area (Å²) in [6.45, 7) is 4.35. The third-order valence-corrected chi connectivity index (χ3v) is 5.16. The molecule has 3 rings (SSSR count). The van der Waals surface area contributed by atoms with Crippen molar-refractivity contribution in [3.63, 3.8) is 0 Å². The molecule has 2 aromatic rings. The molecule has 0 radical (unpaired) electrons. The van der Waals surface area contributed by atoms with Crippen molar-refractivity contribution in [2.24, 2.45) is 0 Å². The van der Waals surface area contributed by atoms with E-state index in [1.54, 1.807) is 17.7 Å². The highest BCUT2D eigenvalue weighted by molar-refractivity contribution is 7.18. The molecule has 1 aliphatic heterocycles. The molecule has 1 saturated heterocycles. The van der Waals surface area contributed by atoms with Crippen molar-refractivity contribution in [2.45, 2.75) is 38.6 Å². The number of aromatic nitrogens is 2. The molecule has 1 aliphatic rings. The molecule has 0 amide bonds. The summed E-state index contributed by atoms with van der Waals surface area (Å²) >= 11 is 1.78. The summed E-state index contributed by atoms with van der Waals surface area (Å²) in [7, 11) is 2.14. The van der Waals surface area contributed by atoms with Crippen molar-refractivity contribution in [3.05, 3.63) is 17.3 Å². The van der Waals surface area contributed by atoms with Gasteiger partial charge in [0.2, 0.25) is 0 Å². The standard InChI is InChI=1S/C15H22N4S/c1-3-12-8-13-14(17-10-18-15(13)20-12)19(2)9-11-6-4-5-7-16-11/h8,10-11,16H,3-7,9H2,1-2H3. The smallest absolute Gasteiger partial charge is 0.140 e. The van der Waals surface area contributed by atoms with Gasteiger partial charge in [0.1, 0.15) is 17.0 Å². The van der Waals surface area contributed by atoms with E-state index >= 15 is 0 Å². The Bertz CT molecular complexity index is 574. The van der Waals surface area contributed by atoms with Crippen molar-refractivity contribution in [1.82, 2.24) is 15.3 Å². The minimum absolute atomic E-state index is 0.586. The quantitative estimate of drug-likeness (QED) is 0.940. The van der Waals surface area contributed by atoms with Crippen LogP contribution in [0.3, 0.4) is 0 Å². The molecule has 1 N–H and O–H groups in total. The molecule has 0 saturated carbocycles. The Kier molecular flexibility index (Phi) is 4.17. The first-order valence-corrected chi connectivity index (χ1v) is 8.27. The fourth-order valence-electron chi connectivity index (χ4n) is 2.87. The summed E-state index contributed by atoms with van der Waals surface area (Å²) in [5, 5.41) is 4.80. The number of rotatable bonds is 4. The number of hydrogen-bond acceptors (Lipinski definition) is 5. The maximum Gasteiger partial charge on any atom is 0.140 e. The zero-order valence-electron chi connectivity index (χ0n) is 12.2. The molecular weight excluding hydrogens is 268 g/mol. The highest BCUT2D eigenvalue weighted by atomic mass is 32.1. The molecular formula is C15H22N4S. The van der Waals surface area contributed by atoms with Crippen LogP contribution in [-0.2, 0) is 6.42 Å². The molecule has 0 bridgehead atoms. The van der Waals surface area contributed by atoms with Crippen LogP contribution < -0.4 is 10.2 Å². The van der Waals surface area contributed by atoms with E-state index in [0.29, 0.717) is 6.04 Å². The zero-order valence-corrected chi connectivity index (χ0v) is 13.0. The van der Waals surface area contributed by atoms with Gasteiger partial charge in [-0.15, -0.1) is 11.3 Å². The Labute approximate surface area is 124 Å². The Hall–Kier alpha value is -1.20. The van der Waals surface area contributed by atoms with Crippen LogP contribution in [0.25, 0.3) is 10.2 Å². The van der Waals surface area contributed by atoms with E-state index in [0.717, 1.165) is 30.2 Å². The maximum atomic E-state index is 4.51. The summed E-state index contributed by atoms with van der Waals surface area (Å²) in [6, 6.07) is 2.84. The van der Waals surface area contributed by atoms with E-state index in [9.17, 15) is 0 Å². The first kappa shape index (κ1) is 13.8. The molecule has 108 valence electrons. The molecule has 5 heteroatoms. The third kappa shape index (κ3) is 2.79. The van der Waals surface area contributed by atoms with Crippen LogP contribution >= 0.6 is 11.3 Å². The van der Waals surface area contributed by atoms with E-state index < -0.39 is 0 Å². The molecule has 0 aliphatic carbocycles. The van der Waals surface area contributed by atoms with Gasteiger partial charge < -0.3 is 10.2 Å². The molecule has 2 aromatic heterocycles. The molecule has 1 fully saturated rings. The lowest BCUT2D eigenvalue weighted by atomic mass is 10.0. The Balaban J connectivity index is 1.82. The zero-order chi connectivity index (χ0) is 13.9. The monoisotopic (exact) mass is 290 g/mol. The van der Waals surface area contributed by atoms with E-state index in [4.69, 9.17) is 0 Å². The van der Waals surface area contributed by atoms with Gasteiger partial charge in [0.15, 0.2) is 0 Å². The summed E-state index contributed by atoms with van der Waals surface area (Å²) < 4.78 is 0. The second-order valence-electron chi connectivity index (χ2n) is 5.51. The van der Waals surface area contributed by atoms with Gasteiger partial charge in [-0.1, -0.05) is 13.3 Å². The number of nitrogens with one attached hydrogen (secondary N) is 1. The van der Waals surface area contributed by atoms with Gasteiger partial charge in [0, 0.05) is 24.5 Å². The largest absolute Gasteiger partial charge is 0.357 e. The summed E-state index contributed by atoms with van der Waals surface area (Å²) in [4.78, 5) is 13.7. The summed E-state index contributed by atoms with van der Waals surface area (Å²) in [6.07, 6.45) is 6.67. The molecule has 0 spiro atoms. The van der Waals surface area contributed by atoms with E-state index in [-0.39, 0.29) is 0 Å². The van der Waals surface area contributed by atoms with E-state index in [1.807, 2.05) is 0 Å². The Morgan fingerprint density at radius 3 is 3.05 bits per heavy atom. The minimum atomic E-state index is 0.586. The Morgan fingerprint density at radius 1 is 1.40 bits per heavy atom. The predicted octanol–water partition coefficient (Wildman–Crippen LogP) is 2.83. The van der Waals surface area contributed by atoms with Gasteiger partial charge in [-0.3, -0.25) is 0 Å². The van der Waals surface area contributed by atoms with Crippen LogP contribution in [0, 0.1) is 0 Å². The van der Waals surface area contributed by atoms with Crippen molar-refractivity contribution in [1.29, 1.82) is 0 Å². The SMILES string of the molecule is CCc1cc2c(N(C)CC3CCCCN3)ncnc2s1. The van der Waals surface area contributed by atoms with Gasteiger partial charge in [0.05, 0.1) is 5.39 Å². The van der Waals surface area contributed by atoms with Crippen molar-refractivity contribution < 1.29 is 0 Å². The molecule has 3 heterocycles. The van der Waals surface area contributed by atoms with Gasteiger partial charge in [-0.2, -0.15) is 0 Å². The normalized spacial score (nSPS) is 19.4. The molecule has 1 unspecified atom stereocenters. The van der Waals surface area contributed by atoms with Crippen LogP contribution in [0.4, 0.5) is 5.82 Å². The maximum absolute atomic E-state index is 4.51. The third-order valence-electron chi connectivity index (χ3n) is 3.98. The number of hydrogen-bond donors (Lipinski definition) is 1. The molecule has 20 heavy (non-hydrogen) atoms. The van der Waals surface area contributed by atoms with Crippen LogP contribution in [0.1, 0.15) is 31.1 Å².